The van der Waals surface area contributed by atoms with Gasteiger partial charge in [0.1, 0.15) is 6.61 Å². The SMILES string of the molecule is CCCCCCCC/C=C\CCCCCCCC(=O)NC1CCCCC1NC(=O)CCNC(=O)[C@H](OC(C)=O)C(C)(C)COC(C)=O. The van der Waals surface area contributed by atoms with Crippen LogP contribution in [0.5, 0.6) is 0 Å². The van der Waals surface area contributed by atoms with Gasteiger partial charge in [-0.2, -0.15) is 0 Å². The Morgan fingerprint density at radius 2 is 1.23 bits per heavy atom. The third kappa shape index (κ3) is 20.8. The lowest BCUT2D eigenvalue weighted by Gasteiger charge is -2.33. The summed E-state index contributed by atoms with van der Waals surface area (Å²) in [5.41, 5.74) is -0.971. The highest BCUT2D eigenvalue weighted by Crippen LogP contribution is 2.25. The van der Waals surface area contributed by atoms with Crippen LogP contribution in [-0.2, 0) is 33.4 Å². The van der Waals surface area contributed by atoms with Gasteiger partial charge < -0.3 is 25.4 Å². The van der Waals surface area contributed by atoms with E-state index >= 15 is 0 Å². The van der Waals surface area contributed by atoms with E-state index in [1.165, 1.54) is 71.6 Å². The molecule has 1 saturated carbocycles. The van der Waals surface area contributed by atoms with Crippen molar-refractivity contribution in [3.8, 4) is 0 Å². The molecule has 0 aromatic heterocycles. The van der Waals surface area contributed by atoms with Crippen LogP contribution in [0.15, 0.2) is 12.2 Å². The van der Waals surface area contributed by atoms with E-state index < -0.39 is 29.4 Å². The van der Waals surface area contributed by atoms with Crippen molar-refractivity contribution < 1.29 is 33.4 Å². The molecular formula is C37H65N3O7. The Kier molecular flexibility index (Phi) is 22.5. The second-order valence-electron chi connectivity index (χ2n) is 13.8. The Hall–Kier alpha value is -2.91. The number of allylic oxidation sites excluding steroid dienone is 2. The van der Waals surface area contributed by atoms with Gasteiger partial charge in [-0.3, -0.25) is 24.0 Å². The van der Waals surface area contributed by atoms with E-state index in [4.69, 9.17) is 9.47 Å². The molecule has 0 heterocycles. The standard InChI is InChI=1S/C37H65N3O7/c1-6-7-8-9-10-11-12-13-14-15-16-17-18-19-20-25-33(43)39-31-23-21-22-24-32(31)40-34(44)26-27-38-36(45)35(47-30(3)42)37(4,5)28-46-29(2)41/h13-14,31-32,35H,6-12,15-28H2,1-5H3,(H,38,45)(H,39,43)(H,40,44)/b14-13-/t31?,32?,35-/m0/s1. The van der Waals surface area contributed by atoms with Crippen molar-refractivity contribution in [2.45, 2.75) is 175 Å². The average Bonchev–Trinajstić information content (AvgIpc) is 3.01. The second-order valence-corrected chi connectivity index (χ2v) is 13.8. The minimum atomic E-state index is -1.19. The maximum absolute atomic E-state index is 12.9. The Morgan fingerprint density at radius 3 is 1.77 bits per heavy atom. The van der Waals surface area contributed by atoms with Crippen molar-refractivity contribution in [3.05, 3.63) is 12.2 Å². The number of esters is 2. The molecule has 0 radical (unpaired) electrons. The fourth-order valence-corrected chi connectivity index (χ4v) is 5.88. The molecule has 1 aliphatic carbocycles. The summed E-state index contributed by atoms with van der Waals surface area (Å²) in [5.74, 6) is -1.90. The molecule has 0 spiro atoms. The van der Waals surface area contributed by atoms with Gasteiger partial charge in [-0.25, -0.2) is 0 Å². The van der Waals surface area contributed by atoms with Gasteiger partial charge in [0.05, 0.1) is 0 Å². The molecular weight excluding hydrogens is 598 g/mol. The van der Waals surface area contributed by atoms with Crippen molar-refractivity contribution in [2.24, 2.45) is 5.41 Å². The number of ether oxygens (including phenoxy) is 2. The van der Waals surface area contributed by atoms with Crippen molar-refractivity contribution in [3.63, 3.8) is 0 Å². The van der Waals surface area contributed by atoms with E-state index in [2.05, 4.69) is 35.0 Å². The molecule has 270 valence electrons. The number of hydrogen-bond donors (Lipinski definition) is 3. The van der Waals surface area contributed by atoms with Crippen LogP contribution in [-0.4, -0.2) is 61.0 Å². The lowest BCUT2D eigenvalue weighted by Crippen LogP contribution is -2.53. The van der Waals surface area contributed by atoms with Crippen molar-refractivity contribution in [2.75, 3.05) is 13.2 Å². The number of carbonyl (C=O) groups is 5. The predicted octanol–water partition coefficient (Wildman–Crippen LogP) is 6.59. The van der Waals surface area contributed by atoms with E-state index in [1.807, 2.05) is 0 Å². The zero-order valence-corrected chi connectivity index (χ0v) is 30.1. The Labute approximate surface area is 284 Å². The summed E-state index contributed by atoms with van der Waals surface area (Å²) in [6, 6.07) is -0.255. The number of carbonyl (C=O) groups excluding carboxylic acids is 5. The van der Waals surface area contributed by atoms with Crippen LogP contribution in [0.4, 0.5) is 0 Å². The number of rotatable bonds is 25. The fraction of sp³-hybridized carbons (Fsp3) is 0.811. The Balaban J connectivity index is 2.30. The lowest BCUT2D eigenvalue weighted by molar-refractivity contribution is -0.166. The summed E-state index contributed by atoms with van der Waals surface area (Å²) < 4.78 is 10.3. The topological polar surface area (TPSA) is 140 Å². The van der Waals surface area contributed by atoms with E-state index in [0.29, 0.717) is 6.42 Å². The third-order valence-corrected chi connectivity index (χ3v) is 8.65. The number of nitrogens with one attached hydrogen (secondary N) is 3. The highest BCUT2D eigenvalue weighted by molar-refractivity contribution is 5.85. The summed E-state index contributed by atoms with van der Waals surface area (Å²) in [7, 11) is 0. The summed E-state index contributed by atoms with van der Waals surface area (Å²) in [6.45, 7) is 7.97. The summed E-state index contributed by atoms with van der Waals surface area (Å²) in [6.07, 6.45) is 23.4. The molecule has 47 heavy (non-hydrogen) atoms. The highest BCUT2D eigenvalue weighted by atomic mass is 16.6. The van der Waals surface area contributed by atoms with Gasteiger partial charge in [-0.15, -0.1) is 0 Å². The molecule has 3 N–H and O–H groups in total. The normalized spacial score (nSPS) is 17.1. The van der Waals surface area contributed by atoms with E-state index in [9.17, 15) is 24.0 Å². The van der Waals surface area contributed by atoms with Gasteiger partial charge in [0, 0.05) is 50.7 Å². The maximum atomic E-state index is 12.9. The van der Waals surface area contributed by atoms with Crippen LogP contribution >= 0.6 is 0 Å². The molecule has 0 aromatic carbocycles. The second kappa shape index (κ2) is 25.2. The molecule has 10 nitrogen and oxygen atoms in total. The molecule has 1 rings (SSSR count). The van der Waals surface area contributed by atoms with E-state index in [1.54, 1.807) is 13.8 Å². The van der Waals surface area contributed by atoms with Crippen molar-refractivity contribution in [1.82, 2.24) is 16.0 Å². The molecule has 2 unspecified atom stereocenters. The summed E-state index contributed by atoms with van der Waals surface area (Å²) >= 11 is 0. The molecule has 0 aromatic rings. The predicted molar refractivity (Wildman–Crippen MR) is 185 cm³/mol. The van der Waals surface area contributed by atoms with Crippen LogP contribution < -0.4 is 16.0 Å². The first kappa shape index (κ1) is 42.1. The van der Waals surface area contributed by atoms with Crippen LogP contribution in [0.1, 0.15) is 157 Å². The monoisotopic (exact) mass is 663 g/mol. The van der Waals surface area contributed by atoms with Crippen LogP contribution in [0.3, 0.4) is 0 Å². The maximum Gasteiger partial charge on any atom is 0.303 e. The third-order valence-electron chi connectivity index (χ3n) is 8.65. The Bertz CT molecular complexity index is 966. The molecule has 0 aliphatic heterocycles. The number of hydrogen-bond acceptors (Lipinski definition) is 7. The van der Waals surface area contributed by atoms with Crippen molar-refractivity contribution in [1.29, 1.82) is 0 Å². The minimum Gasteiger partial charge on any atom is -0.465 e. The quantitative estimate of drug-likeness (QED) is 0.0568. The number of amides is 3. The van der Waals surface area contributed by atoms with Gasteiger partial charge in [-0.1, -0.05) is 97.1 Å². The molecule has 10 heteroatoms. The lowest BCUT2D eigenvalue weighted by atomic mass is 9.86. The zero-order valence-electron chi connectivity index (χ0n) is 30.1. The van der Waals surface area contributed by atoms with Gasteiger partial charge >= 0.3 is 11.9 Å². The molecule has 0 bridgehead atoms. The van der Waals surface area contributed by atoms with Crippen LogP contribution in [0.2, 0.25) is 0 Å². The van der Waals surface area contributed by atoms with Crippen molar-refractivity contribution >= 4 is 29.7 Å². The van der Waals surface area contributed by atoms with E-state index in [-0.39, 0.29) is 43.5 Å². The molecule has 0 saturated heterocycles. The van der Waals surface area contributed by atoms with Gasteiger partial charge in [0.2, 0.25) is 11.8 Å². The smallest absolute Gasteiger partial charge is 0.303 e. The van der Waals surface area contributed by atoms with E-state index in [0.717, 1.165) is 51.4 Å². The molecule has 1 aliphatic rings. The fourth-order valence-electron chi connectivity index (χ4n) is 5.88. The first-order valence-corrected chi connectivity index (χ1v) is 18.3. The molecule has 3 atom stereocenters. The first-order chi connectivity index (χ1) is 22.5. The molecule has 1 fully saturated rings. The minimum absolute atomic E-state index is 0.0360. The van der Waals surface area contributed by atoms with Crippen LogP contribution in [0.25, 0.3) is 0 Å². The number of unbranched alkanes of at least 4 members (excludes halogenated alkanes) is 11. The summed E-state index contributed by atoms with van der Waals surface area (Å²) in [5, 5.41) is 8.86. The van der Waals surface area contributed by atoms with Gasteiger partial charge in [0.15, 0.2) is 6.10 Å². The van der Waals surface area contributed by atoms with Gasteiger partial charge in [-0.05, 0) is 44.9 Å². The molecule has 3 amide bonds. The first-order valence-electron chi connectivity index (χ1n) is 18.3. The van der Waals surface area contributed by atoms with Crippen LogP contribution in [0, 0.1) is 5.41 Å². The Morgan fingerprint density at radius 1 is 0.723 bits per heavy atom. The largest absolute Gasteiger partial charge is 0.465 e. The highest BCUT2D eigenvalue weighted by Gasteiger charge is 2.39. The average molecular weight is 664 g/mol. The zero-order chi connectivity index (χ0) is 34.9. The summed E-state index contributed by atoms with van der Waals surface area (Å²) in [4.78, 5) is 61.2. The van der Waals surface area contributed by atoms with Gasteiger partial charge in [0.25, 0.3) is 5.91 Å².